The molecule has 0 fully saturated rings. The number of carbonyl (C=O) groups excluding carboxylic acids is 1. The summed E-state index contributed by atoms with van der Waals surface area (Å²) in [6.45, 7) is 4.82. The molecule has 7 nitrogen and oxygen atoms in total. The number of hydrogen-bond acceptors (Lipinski definition) is 5. The number of anilines is 1. The number of alkyl halides is 9. The molecule has 2 heterocycles. The molecule has 43 heavy (non-hydrogen) atoms. The van der Waals surface area contributed by atoms with Crippen molar-refractivity contribution in [3.8, 4) is 0 Å². The molecule has 2 aromatic carbocycles. The molecule has 0 radical (unpaired) electrons. The average Bonchev–Trinajstić information content (AvgIpc) is 3.31. The first kappa shape index (κ1) is 32.1. The minimum atomic E-state index is -5.19. The number of amides is 1. The third-order valence-corrected chi connectivity index (χ3v) is 7.08. The van der Waals surface area contributed by atoms with Crippen LogP contribution in [0.5, 0.6) is 0 Å². The number of carbonyl (C=O) groups is 1. The summed E-state index contributed by atoms with van der Waals surface area (Å²) in [6.07, 6.45) is -16.6. The Bertz CT molecular complexity index is 1450. The van der Waals surface area contributed by atoms with Gasteiger partial charge in [-0.25, -0.2) is 4.79 Å². The number of nitrogens with zero attached hydrogens (tertiary/aromatic N) is 5. The number of aryl methyl sites for hydroxylation is 1. The van der Waals surface area contributed by atoms with Crippen molar-refractivity contribution in [2.24, 2.45) is 7.05 Å². The zero-order valence-corrected chi connectivity index (χ0v) is 23.1. The molecule has 3 aromatic rings. The minimum absolute atomic E-state index is 0.0290. The summed E-state index contributed by atoms with van der Waals surface area (Å²) in [5.41, 5.74) is -5.06. The van der Waals surface area contributed by atoms with E-state index in [0.717, 1.165) is 23.0 Å². The Morgan fingerprint density at radius 2 is 1.51 bits per heavy atom. The second kappa shape index (κ2) is 11.3. The van der Waals surface area contributed by atoms with Gasteiger partial charge >= 0.3 is 24.6 Å². The number of hydrogen-bond donors (Lipinski definition) is 0. The molecule has 0 spiro atoms. The van der Waals surface area contributed by atoms with Gasteiger partial charge in [0.1, 0.15) is 0 Å². The van der Waals surface area contributed by atoms with E-state index in [1.165, 1.54) is 11.9 Å². The van der Waals surface area contributed by atoms with Crippen molar-refractivity contribution < 1.29 is 49.0 Å². The smallest absolute Gasteiger partial charge is 0.416 e. The molecule has 0 saturated carbocycles. The summed E-state index contributed by atoms with van der Waals surface area (Å²) in [6, 6.07) is 2.73. The van der Waals surface area contributed by atoms with Crippen LogP contribution in [0.2, 0.25) is 0 Å². The standard InChI is InChI=1S/C27H26F9N5O2/c1-5-18-12-20(19-11-15(25(28,29)30)6-7-21(19)41(18)24(42)43-13(2)3)22(23-37-39-40(4)38-23)14-8-16(26(31,32)33)10-17(9-14)27(34,35)36/h6-11,13,18,20,22H,5,12H2,1-4H3. The number of tetrazole rings is 1. The van der Waals surface area contributed by atoms with Crippen molar-refractivity contribution in [3.05, 3.63) is 70.0 Å². The maximum atomic E-state index is 13.9. The van der Waals surface area contributed by atoms with Gasteiger partial charge in [0.2, 0.25) is 0 Å². The zero-order valence-electron chi connectivity index (χ0n) is 23.1. The van der Waals surface area contributed by atoms with Gasteiger partial charge in [-0.1, -0.05) is 6.92 Å². The third kappa shape index (κ3) is 6.72. The zero-order chi connectivity index (χ0) is 32.1. The Balaban J connectivity index is 2.04. The van der Waals surface area contributed by atoms with Crippen molar-refractivity contribution in [3.63, 3.8) is 0 Å². The first-order valence-electron chi connectivity index (χ1n) is 13.1. The topological polar surface area (TPSA) is 73.1 Å². The van der Waals surface area contributed by atoms with Crippen LogP contribution in [0.1, 0.15) is 79.1 Å². The highest BCUT2D eigenvalue weighted by molar-refractivity contribution is 5.90. The van der Waals surface area contributed by atoms with Crippen LogP contribution in [-0.2, 0) is 30.3 Å². The molecule has 0 saturated heterocycles. The lowest BCUT2D eigenvalue weighted by Gasteiger charge is -2.42. The number of ether oxygens (including phenoxy) is 1. The van der Waals surface area contributed by atoms with Gasteiger partial charge < -0.3 is 4.74 Å². The number of benzene rings is 2. The van der Waals surface area contributed by atoms with Gasteiger partial charge in [0.25, 0.3) is 0 Å². The van der Waals surface area contributed by atoms with E-state index < -0.39 is 70.9 Å². The normalized spacial score (nSPS) is 18.5. The Morgan fingerprint density at radius 1 is 0.930 bits per heavy atom. The van der Waals surface area contributed by atoms with Crippen molar-refractivity contribution in [2.75, 3.05) is 4.90 Å². The van der Waals surface area contributed by atoms with Gasteiger partial charge in [0, 0.05) is 12.0 Å². The van der Waals surface area contributed by atoms with E-state index in [4.69, 9.17) is 4.74 Å². The van der Waals surface area contributed by atoms with Gasteiger partial charge in [-0.15, -0.1) is 10.2 Å². The number of fused-ring (bicyclic) bond motifs is 1. The monoisotopic (exact) mass is 623 g/mol. The van der Waals surface area contributed by atoms with Crippen LogP contribution in [0, 0.1) is 0 Å². The highest BCUT2D eigenvalue weighted by Crippen LogP contribution is 2.51. The molecule has 0 N–H and O–H groups in total. The summed E-state index contributed by atoms with van der Waals surface area (Å²) in [5.74, 6) is -3.04. The minimum Gasteiger partial charge on any atom is -0.446 e. The summed E-state index contributed by atoms with van der Waals surface area (Å²) in [5, 5.41) is 11.6. The lowest BCUT2D eigenvalue weighted by Crippen LogP contribution is -2.46. The molecule has 3 atom stereocenters. The van der Waals surface area contributed by atoms with E-state index in [1.807, 2.05) is 0 Å². The molecule has 1 aromatic heterocycles. The molecule has 1 aliphatic rings. The van der Waals surface area contributed by atoms with Crippen LogP contribution in [0.15, 0.2) is 36.4 Å². The maximum Gasteiger partial charge on any atom is 0.416 e. The molecule has 3 unspecified atom stereocenters. The molecule has 0 aliphatic carbocycles. The highest BCUT2D eigenvalue weighted by Gasteiger charge is 2.45. The third-order valence-electron chi connectivity index (χ3n) is 7.08. The highest BCUT2D eigenvalue weighted by atomic mass is 19.4. The molecule has 1 amide bonds. The molecule has 16 heteroatoms. The van der Waals surface area contributed by atoms with Crippen LogP contribution in [-0.4, -0.2) is 38.4 Å². The van der Waals surface area contributed by atoms with Crippen molar-refractivity contribution in [2.45, 2.75) is 76.1 Å². The van der Waals surface area contributed by atoms with Gasteiger partial charge in [0.05, 0.1) is 41.4 Å². The fourth-order valence-electron chi connectivity index (χ4n) is 5.28. The lowest BCUT2D eigenvalue weighted by molar-refractivity contribution is -0.143. The Labute approximate surface area is 239 Å². The molecule has 4 rings (SSSR count). The lowest BCUT2D eigenvalue weighted by atomic mass is 9.73. The fraction of sp³-hybridized carbons (Fsp3) is 0.481. The quantitative estimate of drug-likeness (QED) is 0.272. The molecule has 0 bridgehead atoms. The second-order valence-corrected chi connectivity index (χ2v) is 10.4. The largest absolute Gasteiger partial charge is 0.446 e. The van der Waals surface area contributed by atoms with Gasteiger partial charge in [-0.05, 0) is 79.4 Å². The Morgan fingerprint density at radius 3 is 1.98 bits per heavy atom. The first-order chi connectivity index (χ1) is 19.8. The van der Waals surface area contributed by atoms with Crippen LogP contribution in [0.25, 0.3) is 0 Å². The number of rotatable bonds is 5. The van der Waals surface area contributed by atoms with Gasteiger partial charge in [-0.2, -0.15) is 44.3 Å². The Hall–Kier alpha value is -3.85. The second-order valence-electron chi connectivity index (χ2n) is 10.4. The summed E-state index contributed by atoms with van der Waals surface area (Å²) in [4.78, 5) is 15.2. The number of aromatic nitrogens is 4. The van der Waals surface area contributed by atoms with Crippen molar-refractivity contribution in [1.29, 1.82) is 0 Å². The molecular weight excluding hydrogens is 597 g/mol. The van der Waals surface area contributed by atoms with E-state index >= 15 is 0 Å². The van der Waals surface area contributed by atoms with E-state index in [1.54, 1.807) is 20.8 Å². The summed E-state index contributed by atoms with van der Waals surface area (Å²) in [7, 11) is 1.32. The SMILES string of the molecule is CCC1CC(C(c2cc(C(F)(F)F)cc(C(F)(F)F)c2)c2nnn(C)n2)c2cc(C(F)(F)F)ccc2N1C(=O)OC(C)C. The van der Waals surface area contributed by atoms with Gasteiger partial charge in [-0.3, -0.25) is 4.90 Å². The molecular formula is C27H26F9N5O2. The van der Waals surface area contributed by atoms with E-state index in [9.17, 15) is 44.3 Å². The van der Waals surface area contributed by atoms with Crippen LogP contribution in [0.3, 0.4) is 0 Å². The Kier molecular flexibility index (Phi) is 8.46. The van der Waals surface area contributed by atoms with Crippen LogP contribution >= 0.6 is 0 Å². The molecule has 1 aliphatic heterocycles. The number of halogens is 9. The first-order valence-corrected chi connectivity index (χ1v) is 13.1. The fourth-order valence-corrected chi connectivity index (χ4v) is 5.28. The van der Waals surface area contributed by atoms with E-state index in [0.29, 0.717) is 12.1 Å². The average molecular weight is 624 g/mol. The van der Waals surface area contributed by atoms with E-state index in [2.05, 4.69) is 15.4 Å². The predicted octanol–water partition coefficient (Wildman–Crippen LogP) is 7.72. The van der Waals surface area contributed by atoms with Crippen molar-refractivity contribution >= 4 is 11.8 Å². The maximum absolute atomic E-state index is 13.9. The summed E-state index contributed by atoms with van der Waals surface area (Å²) < 4.78 is 130. The van der Waals surface area contributed by atoms with Crippen LogP contribution in [0.4, 0.5) is 50.0 Å². The van der Waals surface area contributed by atoms with Crippen molar-refractivity contribution in [1.82, 2.24) is 20.2 Å². The predicted molar refractivity (Wildman–Crippen MR) is 134 cm³/mol. The van der Waals surface area contributed by atoms with Crippen LogP contribution < -0.4 is 4.90 Å². The van der Waals surface area contributed by atoms with E-state index in [-0.39, 0.29) is 36.0 Å². The van der Waals surface area contributed by atoms with Gasteiger partial charge in [0.15, 0.2) is 5.82 Å². The molecule has 234 valence electrons. The summed E-state index contributed by atoms with van der Waals surface area (Å²) >= 11 is 0.